The Morgan fingerprint density at radius 3 is 2.93 bits per heavy atom. The first kappa shape index (κ1) is 10.5. The number of aromatic hydroxyl groups is 1. The van der Waals surface area contributed by atoms with Crippen LogP contribution in [0.15, 0.2) is 24.3 Å². The SMILES string of the molecule is CN1CC(c2cccc(O)c2)CC1CN. The van der Waals surface area contributed by atoms with Crippen molar-refractivity contribution in [1.82, 2.24) is 4.90 Å². The van der Waals surface area contributed by atoms with E-state index < -0.39 is 0 Å². The Kier molecular flexibility index (Phi) is 2.93. The summed E-state index contributed by atoms with van der Waals surface area (Å²) < 4.78 is 0. The minimum absolute atomic E-state index is 0.353. The summed E-state index contributed by atoms with van der Waals surface area (Å²) in [6.45, 7) is 1.75. The fraction of sp³-hybridized carbons (Fsp3) is 0.500. The van der Waals surface area contributed by atoms with E-state index in [-0.39, 0.29) is 0 Å². The molecule has 1 aromatic carbocycles. The van der Waals surface area contributed by atoms with Crippen LogP contribution in [0.4, 0.5) is 0 Å². The summed E-state index contributed by atoms with van der Waals surface area (Å²) in [5.74, 6) is 0.863. The molecule has 2 unspecified atom stereocenters. The maximum atomic E-state index is 9.42. The summed E-state index contributed by atoms with van der Waals surface area (Å²) >= 11 is 0. The summed E-state index contributed by atoms with van der Waals surface area (Å²) in [6, 6.07) is 8.04. The normalized spacial score (nSPS) is 27.1. The van der Waals surface area contributed by atoms with Gasteiger partial charge in [0, 0.05) is 19.1 Å². The van der Waals surface area contributed by atoms with Gasteiger partial charge < -0.3 is 15.7 Å². The number of rotatable bonds is 2. The second-order valence-corrected chi connectivity index (χ2v) is 4.36. The predicted molar refractivity (Wildman–Crippen MR) is 60.9 cm³/mol. The Labute approximate surface area is 90.5 Å². The van der Waals surface area contributed by atoms with Gasteiger partial charge in [0.1, 0.15) is 5.75 Å². The van der Waals surface area contributed by atoms with Gasteiger partial charge in [0.25, 0.3) is 0 Å². The zero-order chi connectivity index (χ0) is 10.8. The molecule has 82 valence electrons. The van der Waals surface area contributed by atoms with Gasteiger partial charge in [-0.1, -0.05) is 12.1 Å². The van der Waals surface area contributed by atoms with Crippen molar-refractivity contribution < 1.29 is 5.11 Å². The highest BCUT2D eigenvalue weighted by molar-refractivity contribution is 5.30. The van der Waals surface area contributed by atoms with Crippen molar-refractivity contribution in [3.05, 3.63) is 29.8 Å². The maximum absolute atomic E-state index is 9.42. The first-order valence-electron chi connectivity index (χ1n) is 5.40. The zero-order valence-corrected chi connectivity index (χ0v) is 9.06. The summed E-state index contributed by atoms with van der Waals surface area (Å²) in [4.78, 5) is 2.30. The zero-order valence-electron chi connectivity index (χ0n) is 9.06. The van der Waals surface area contributed by atoms with E-state index in [2.05, 4.69) is 18.0 Å². The highest BCUT2D eigenvalue weighted by Crippen LogP contribution is 2.31. The van der Waals surface area contributed by atoms with E-state index in [1.165, 1.54) is 5.56 Å². The molecule has 1 aliphatic heterocycles. The third-order valence-electron chi connectivity index (χ3n) is 3.30. The molecule has 0 aliphatic carbocycles. The van der Waals surface area contributed by atoms with Crippen LogP contribution in [-0.4, -0.2) is 36.2 Å². The molecule has 1 aliphatic rings. The van der Waals surface area contributed by atoms with E-state index in [9.17, 15) is 5.11 Å². The smallest absolute Gasteiger partial charge is 0.115 e. The van der Waals surface area contributed by atoms with Crippen LogP contribution in [0.2, 0.25) is 0 Å². The van der Waals surface area contributed by atoms with Crippen molar-refractivity contribution >= 4 is 0 Å². The lowest BCUT2D eigenvalue weighted by molar-refractivity contribution is 0.316. The summed E-state index contributed by atoms with van der Waals surface area (Å²) in [5.41, 5.74) is 6.92. The first-order valence-corrected chi connectivity index (χ1v) is 5.40. The number of phenolic OH excluding ortho intramolecular Hbond substituents is 1. The van der Waals surface area contributed by atoms with Crippen molar-refractivity contribution in [1.29, 1.82) is 0 Å². The Balaban J connectivity index is 2.13. The molecule has 3 heteroatoms. The maximum Gasteiger partial charge on any atom is 0.115 e. The van der Waals surface area contributed by atoms with Gasteiger partial charge in [-0.3, -0.25) is 0 Å². The van der Waals surface area contributed by atoms with E-state index in [1.54, 1.807) is 6.07 Å². The van der Waals surface area contributed by atoms with Gasteiger partial charge in [-0.05, 0) is 37.1 Å². The summed E-state index contributed by atoms with van der Waals surface area (Å²) in [5, 5.41) is 9.42. The molecular weight excluding hydrogens is 188 g/mol. The van der Waals surface area contributed by atoms with E-state index in [0.717, 1.165) is 13.0 Å². The molecule has 3 nitrogen and oxygen atoms in total. The molecule has 0 radical (unpaired) electrons. The van der Waals surface area contributed by atoms with Gasteiger partial charge in [0.2, 0.25) is 0 Å². The Bertz CT molecular complexity index is 340. The quantitative estimate of drug-likeness (QED) is 0.763. The standard InChI is InChI=1S/C12H18N2O/c1-14-8-10(5-11(14)7-13)9-3-2-4-12(15)6-9/h2-4,6,10-11,15H,5,7-8,13H2,1H3. The van der Waals surface area contributed by atoms with Crippen LogP contribution < -0.4 is 5.73 Å². The fourth-order valence-corrected chi connectivity index (χ4v) is 2.38. The van der Waals surface area contributed by atoms with Crippen molar-refractivity contribution in [3.63, 3.8) is 0 Å². The van der Waals surface area contributed by atoms with Crippen LogP contribution in [0.1, 0.15) is 17.9 Å². The molecule has 15 heavy (non-hydrogen) atoms. The molecule has 2 rings (SSSR count). The van der Waals surface area contributed by atoms with Crippen molar-refractivity contribution in [2.45, 2.75) is 18.4 Å². The largest absolute Gasteiger partial charge is 0.508 e. The number of likely N-dealkylation sites (N-methyl/N-ethyl adjacent to an activating group) is 1. The number of benzene rings is 1. The minimum atomic E-state index is 0.353. The average molecular weight is 206 g/mol. The van der Waals surface area contributed by atoms with E-state index in [1.807, 2.05) is 12.1 Å². The lowest BCUT2D eigenvalue weighted by Crippen LogP contribution is -2.31. The minimum Gasteiger partial charge on any atom is -0.508 e. The summed E-state index contributed by atoms with van der Waals surface area (Å²) in [6.07, 6.45) is 1.09. The van der Waals surface area contributed by atoms with Gasteiger partial charge in [-0.15, -0.1) is 0 Å². The number of hydrogen-bond donors (Lipinski definition) is 2. The lowest BCUT2D eigenvalue weighted by Gasteiger charge is -2.15. The summed E-state index contributed by atoms with van der Waals surface area (Å²) in [7, 11) is 2.11. The number of likely N-dealkylation sites (tertiary alicyclic amines) is 1. The fourth-order valence-electron chi connectivity index (χ4n) is 2.38. The molecule has 0 saturated carbocycles. The molecule has 3 N–H and O–H groups in total. The van der Waals surface area contributed by atoms with Crippen molar-refractivity contribution in [3.8, 4) is 5.75 Å². The third kappa shape index (κ3) is 2.13. The molecule has 2 atom stereocenters. The molecule has 0 aromatic heterocycles. The lowest BCUT2D eigenvalue weighted by atomic mass is 9.96. The highest BCUT2D eigenvalue weighted by Gasteiger charge is 2.29. The molecule has 0 spiro atoms. The number of nitrogens with zero attached hydrogens (tertiary/aromatic N) is 1. The molecule has 1 fully saturated rings. The van der Waals surface area contributed by atoms with Crippen LogP contribution in [0.5, 0.6) is 5.75 Å². The molecule has 0 amide bonds. The highest BCUT2D eigenvalue weighted by atomic mass is 16.3. The van der Waals surface area contributed by atoms with Gasteiger partial charge >= 0.3 is 0 Å². The molecule has 1 saturated heterocycles. The number of hydrogen-bond acceptors (Lipinski definition) is 3. The average Bonchev–Trinajstić information content (AvgIpc) is 2.60. The number of phenols is 1. The van der Waals surface area contributed by atoms with Gasteiger partial charge in [0.05, 0.1) is 0 Å². The van der Waals surface area contributed by atoms with Crippen LogP contribution in [0.3, 0.4) is 0 Å². The van der Waals surface area contributed by atoms with Gasteiger partial charge in [-0.25, -0.2) is 0 Å². The first-order chi connectivity index (χ1) is 7.20. The van der Waals surface area contributed by atoms with E-state index >= 15 is 0 Å². The molecular formula is C12H18N2O. The van der Waals surface area contributed by atoms with Gasteiger partial charge in [0.15, 0.2) is 0 Å². The molecule has 0 bridgehead atoms. The van der Waals surface area contributed by atoms with Crippen molar-refractivity contribution in [2.75, 3.05) is 20.1 Å². The van der Waals surface area contributed by atoms with Crippen LogP contribution in [0.25, 0.3) is 0 Å². The molecule has 1 heterocycles. The van der Waals surface area contributed by atoms with Crippen molar-refractivity contribution in [2.24, 2.45) is 5.73 Å². The van der Waals surface area contributed by atoms with Crippen LogP contribution >= 0.6 is 0 Å². The number of nitrogens with two attached hydrogens (primary N) is 1. The predicted octanol–water partition coefficient (Wildman–Crippen LogP) is 1.14. The monoisotopic (exact) mass is 206 g/mol. The molecule has 1 aromatic rings. The Morgan fingerprint density at radius 2 is 2.33 bits per heavy atom. The van der Waals surface area contributed by atoms with Crippen LogP contribution in [-0.2, 0) is 0 Å². The second-order valence-electron chi connectivity index (χ2n) is 4.36. The van der Waals surface area contributed by atoms with E-state index in [0.29, 0.717) is 24.3 Å². The van der Waals surface area contributed by atoms with Crippen LogP contribution in [0, 0.1) is 0 Å². The van der Waals surface area contributed by atoms with Gasteiger partial charge in [-0.2, -0.15) is 0 Å². The second kappa shape index (κ2) is 4.21. The van der Waals surface area contributed by atoms with E-state index in [4.69, 9.17) is 5.73 Å². The third-order valence-corrected chi connectivity index (χ3v) is 3.30. The Hall–Kier alpha value is -1.06. The Morgan fingerprint density at radius 1 is 1.53 bits per heavy atom. The topological polar surface area (TPSA) is 49.5 Å².